The molecule has 1 aliphatic carbocycles. The molecule has 1 aliphatic rings. The quantitative estimate of drug-likeness (QED) is 0.584. The second-order valence-electron chi connectivity index (χ2n) is 2.76. The molecular formula is C14H20S. The summed E-state index contributed by atoms with van der Waals surface area (Å²) in [6.45, 7) is 11.6. The van der Waals surface area contributed by atoms with Crippen molar-refractivity contribution < 1.29 is 0 Å². The van der Waals surface area contributed by atoms with Gasteiger partial charge < -0.3 is 0 Å². The van der Waals surface area contributed by atoms with E-state index in [4.69, 9.17) is 0 Å². The number of allylic oxidation sites excluding steroid dienone is 7. The first-order valence-corrected chi connectivity index (χ1v) is 6.16. The van der Waals surface area contributed by atoms with Crippen molar-refractivity contribution in [2.24, 2.45) is 0 Å². The molecule has 0 fully saturated rings. The van der Waals surface area contributed by atoms with Crippen LogP contribution in [0, 0.1) is 0 Å². The lowest BCUT2D eigenvalue weighted by Crippen LogP contribution is -1.81. The van der Waals surface area contributed by atoms with Gasteiger partial charge in [-0.3, -0.25) is 0 Å². The molecule has 0 amide bonds. The molecule has 0 saturated heterocycles. The lowest BCUT2D eigenvalue weighted by molar-refractivity contribution is 1.02. The zero-order chi connectivity index (χ0) is 11.5. The zero-order valence-corrected chi connectivity index (χ0v) is 10.5. The van der Waals surface area contributed by atoms with Gasteiger partial charge in [0.2, 0.25) is 0 Å². The van der Waals surface area contributed by atoms with Gasteiger partial charge in [-0.2, -0.15) is 0 Å². The SMILES string of the molecule is C=C/C=C\C(=C)SC1=CC=CCC1.CC. The molecule has 0 aromatic rings. The Kier molecular flexibility index (Phi) is 8.99. The minimum Gasteiger partial charge on any atom is -0.0991 e. The maximum absolute atomic E-state index is 3.95. The lowest BCUT2D eigenvalue weighted by Gasteiger charge is -2.07. The van der Waals surface area contributed by atoms with Crippen LogP contribution in [-0.2, 0) is 0 Å². The van der Waals surface area contributed by atoms with Crippen LogP contribution in [0.3, 0.4) is 0 Å². The summed E-state index contributed by atoms with van der Waals surface area (Å²) in [5.74, 6) is 0. The molecule has 0 bridgehead atoms. The van der Waals surface area contributed by atoms with Crippen molar-refractivity contribution in [1.29, 1.82) is 0 Å². The van der Waals surface area contributed by atoms with Crippen molar-refractivity contribution in [2.75, 3.05) is 0 Å². The minimum atomic E-state index is 1.07. The summed E-state index contributed by atoms with van der Waals surface area (Å²) < 4.78 is 0. The van der Waals surface area contributed by atoms with Gasteiger partial charge in [0.05, 0.1) is 0 Å². The van der Waals surface area contributed by atoms with Crippen molar-refractivity contribution >= 4 is 11.8 Å². The number of rotatable bonds is 4. The average molecular weight is 220 g/mol. The second-order valence-corrected chi connectivity index (χ2v) is 4.02. The summed E-state index contributed by atoms with van der Waals surface area (Å²) in [7, 11) is 0. The fourth-order valence-corrected chi connectivity index (χ4v) is 1.89. The predicted octanol–water partition coefficient (Wildman–Crippen LogP) is 5.24. The van der Waals surface area contributed by atoms with Crippen LogP contribution in [0.4, 0.5) is 0 Å². The minimum absolute atomic E-state index is 1.07. The molecule has 0 radical (unpaired) electrons. The lowest BCUT2D eigenvalue weighted by atomic mass is 10.2. The van der Waals surface area contributed by atoms with Gasteiger partial charge in [-0.15, -0.1) is 0 Å². The number of hydrogen-bond donors (Lipinski definition) is 0. The highest BCUT2D eigenvalue weighted by atomic mass is 32.2. The summed E-state index contributed by atoms with van der Waals surface area (Å²) in [6.07, 6.45) is 14.4. The topological polar surface area (TPSA) is 0 Å². The molecule has 0 N–H and O–H groups in total. The summed E-state index contributed by atoms with van der Waals surface area (Å²) in [4.78, 5) is 2.46. The maximum Gasteiger partial charge on any atom is 0.00467 e. The Labute approximate surface area is 98.2 Å². The molecule has 0 aliphatic heterocycles. The first kappa shape index (κ1) is 14.1. The van der Waals surface area contributed by atoms with Crippen LogP contribution >= 0.6 is 11.8 Å². The van der Waals surface area contributed by atoms with E-state index in [0.29, 0.717) is 0 Å². The third kappa shape index (κ3) is 7.03. The normalized spacial score (nSPS) is 14.1. The number of hydrogen-bond acceptors (Lipinski definition) is 1. The Morgan fingerprint density at radius 3 is 2.73 bits per heavy atom. The molecule has 0 aromatic heterocycles. The van der Waals surface area contributed by atoms with Crippen molar-refractivity contribution in [2.45, 2.75) is 26.7 Å². The van der Waals surface area contributed by atoms with Gasteiger partial charge in [0, 0.05) is 4.91 Å². The molecule has 15 heavy (non-hydrogen) atoms. The summed E-state index contributed by atoms with van der Waals surface area (Å²) in [5.41, 5.74) is 0. The molecule has 0 atom stereocenters. The van der Waals surface area contributed by atoms with E-state index in [1.165, 1.54) is 4.91 Å². The van der Waals surface area contributed by atoms with E-state index < -0.39 is 0 Å². The highest BCUT2D eigenvalue weighted by molar-refractivity contribution is 8.06. The van der Waals surface area contributed by atoms with Crippen molar-refractivity contribution in [1.82, 2.24) is 0 Å². The smallest absolute Gasteiger partial charge is 0.00467 e. The van der Waals surface area contributed by atoms with Gasteiger partial charge in [0.15, 0.2) is 0 Å². The molecule has 1 rings (SSSR count). The Bertz CT molecular complexity index is 280. The molecular weight excluding hydrogens is 200 g/mol. The molecule has 0 unspecified atom stereocenters. The van der Waals surface area contributed by atoms with E-state index in [1.807, 2.05) is 26.0 Å². The molecule has 0 nitrogen and oxygen atoms in total. The van der Waals surface area contributed by atoms with Gasteiger partial charge in [-0.1, -0.05) is 69.1 Å². The van der Waals surface area contributed by atoms with E-state index in [1.54, 1.807) is 17.8 Å². The predicted molar refractivity (Wildman–Crippen MR) is 73.9 cm³/mol. The van der Waals surface area contributed by atoms with E-state index in [-0.39, 0.29) is 0 Å². The highest BCUT2D eigenvalue weighted by Crippen LogP contribution is 2.30. The van der Waals surface area contributed by atoms with Gasteiger partial charge in [-0.25, -0.2) is 0 Å². The molecule has 0 heterocycles. The van der Waals surface area contributed by atoms with Crippen molar-refractivity contribution in [3.8, 4) is 0 Å². The third-order valence-electron chi connectivity index (χ3n) is 1.66. The van der Waals surface area contributed by atoms with Gasteiger partial charge in [0.1, 0.15) is 0 Å². The maximum atomic E-state index is 3.95. The van der Waals surface area contributed by atoms with E-state index in [0.717, 1.165) is 17.7 Å². The van der Waals surface area contributed by atoms with Gasteiger partial charge >= 0.3 is 0 Å². The van der Waals surface area contributed by atoms with Crippen LogP contribution in [0.5, 0.6) is 0 Å². The molecule has 0 spiro atoms. The fourth-order valence-electron chi connectivity index (χ4n) is 1.04. The van der Waals surface area contributed by atoms with Crippen LogP contribution in [-0.4, -0.2) is 0 Å². The summed E-state index contributed by atoms with van der Waals surface area (Å²) in [5, 5.41) is 0. The number of thioether (sulfide) groups is 1. The van der Waals surface area contributed by atoms with Crippen LogP contribution in [0.1, 0.15) is 26.7 Å². The van der Waals surface area contributed by atoms with Crippen LogP contribution in [0.25, 0.3) is 0 Å². The van der Waals surface area contributed by atoms with Crippen molar-refractivity contribution in [3.63, 3.8) is 0 Å². The van der Waals surface area contributed by atoms with Gasteiger partial charge in [-0.05, 0) is 23.8 Å². The largest absolute Gasteiger partial charge is 0.0991 e. The third-order valence-corrected chi connectivity index (χ3v) is 2.66. The van der Waals surface area contributed by atoms with E-state index in [9.17, 15) is 0 Å². The zero-order valence-electron chi connectivity index (χ0n) is 9.70. The Morgan fingerprint density at radius 1 is 1.47 bits per heavy atom. The molecule has 1 heteroatoms. The average Bonchev–Trinajstić information content (AvgIpc) is 2.30. The highest BCUT2D eigenvalue weighted by Gasteiger charge is 2.00. The van der Waals surface area contributed by atoms with Crippen LogP contribution in [0.15, 0.2) is 59.4 Å². The summed E-state index contributed by atoms with van der Waals surface area (Å²) >= 11 is 1.74. The van der Waals surface area contributed by atoms with Crippen molar-refractivity contribution in [3.05, 3.63) is 59.4 Å². The summed E-state index contributed by atoms with van der Waals surface area (Å²) in [6, 6.07) is 0. The second kappa shape index (κ2) is 9.60. The van der Waals surface area contributed by atoms with E-state index >= 15 is 0 Å². The van der Waals surface area contributed by atoms with Crippen LogP contribution < -0.4 is 0 Å². The Hall–Kier alpha value is -0.950. The van der Waals surface area contributed by atoms with E-state index in [2.05, 4.69) is 31.4 Å². The monoisotopic (exact) mass is 220 g/mol. The molecule has 82 valence electrons. The van der Waals surface area contributed by atoms with Crippen LogP contribution in [0.2, 0.25) is 0 Å². The first-order chi connectivity index (χ1) is 7.33. The standard InChI is InChI=1S/C12H14S.C2H6/c1-3-4-8-11(2)13-12-9-6-5-7-10-12;1-2/h3-6,8-9H,1-2,7,10H2;1-2H3/b8-4-;. The fraction of sp³-hybridized carbons (Fsp3) is 0.286. The molecule has 0 saturated carbocycles. The van der Waals surface area contributed by atoms with Gasteiger partial charge in [0.25, 0.3) is 0 Å². The Balaban J connectivity index is 0.000000921. The first-order valence-electron chi connectivity index (χ1n) is 5.34. The molecule has 0 aromatic carbocycles. The Morgan fingerprint density at radius 2 is 2.20 bits per heavy atom.